The number of aldehydes is 1. The Labute approximate surface area is 157 Å². The van der Waals surface area contributed by atoms with E-state index < -0.39 is 0 Å². The van der Waals surface area contributed by atoms with E-state index in [1.54, 1.807) is 47.4 Å². The largest absolute Gasteiger partial charge is 0.465 e. The van der Waals surface area contributed by atoms with Gasteiger partial charge in [0.2, 0.25) is 5.91 Å². The van der Waals surface area contributed by atoms with Crippen LogP contribution in [0, 0.1) is 0 Å². The molecule has 1 aliphatic heterocycles. The number of carbonyl (C=O) groups excluding carboxylic acids is 3. The molecule has 2 aromatic rings. The van der Waals surface area contributed by atoms with Crippen molar-refractivity contribution in [3.05, 3.63) is 65.2 Å². The minimum Gasteiger partial charge on any atom is -0.465 e. The SMILES string of the molecule is COC(=O)c1cccc(COC[C@H]2CCC(=O)N2c2ccc(C=O)cc2)c1. The normalized spacial score (nSPS) is 16.4. The first kappa shape index (κ1) is 18.8. The fourth-order valence-corrected chi connectivity index (χ4v) is 3.19. The molecule has 0 spiro atoms. The molecule has 1 heterocycles. The third-order valence-corrected chi connectivity index (χ3v) is 4.56. The molecule has 1 saturated heterocycles. The van der Waals surface area contributed by atoms with Gasteiger partial charge in [-0.15, -0.1) is 0 Å². The lowest BCUT2D eigenvalue weighted by Gasteiger charge is -2.25. The van der Waals surface area contributed by atoms with Gasteiger partial charge in [-0.25, -0.2) is 4.79 Å². The molecule has 140 valence electrons. The Morgan fingerprint density at radius 3 is 2.70 bits per heavy atom. The number of benzene rings is 2. The summed E-state index contributed by atoms with van der Waals surface area (Å²) in [4.78, 5) is 36.4. The molecule has 0 aliphatic carbocycles. The first-order valence-electron chi connectivity index (χ1n) is 8.74. The van der Waals surface area contributed by atoms with E-state index in [1.165, 1.54) is 7.11 Å². The van der Waals surface area contributed by atoms with Crippen molar-refractivity contribution in [3.8, 4) is 0 Å². The summed E-state index contributed by atoms with van der Waals surface area (Å²) in [5.41, 5.74) is 2.68. The Balaban J connectivity index is 1.62. The van der Waals surface area contributed by atoms with E-state index in [-0.39, 0.29) is 17.9 Å². The number of rotatable bonds is 7. The first-order valence-corrected chi connectivity index (χ1v) is 8.74. The molecular formula is C21H21NO5. The number of hydrogen-bond donors (Lipinski definition) is 0. The maximum Gasteiger partial charge on any atom is 0.337 e. The summed E-state index contributed by atoms with van der Waals surface area (Å²) in [5.74, 6) is -0.335. The summed E-state index contributed by atoms with van der Waals surface area (Å²) in [6.45, 7) is 0.733. The highest BCUT2D eigenvalue weighted by atomic mass is 16.5. The average Bonchev–Trinajstić information content (AvgIpc) is 3.08. The Morgan fingerprint density at radius 2 is 2.00 bits per heavy atom. The van der Waals surface area contributed by atoms with Crippen LogP contribution in [-0.2, 0) is 20.9 Å². The van der Waals surface area contributed by atoms with Gasteiger partial charge in [-0.05, 0) is 48.4 Å². The van der Waals surface area contributed by atoms with Crippen LogP contribution in [0.15, 0.2) is 48.5 Å². The topological polar surface area (TPSA) is 72.9 Å². The van der Waals surface area contributed by atoms with E-state index >= 15 is 0 Å². The van der Waals surface area contributed by atoms with Crippen LogP contribution < -0.4 is 4.90 Å². The summed E-state index contributed by atoms with van der Waals surface area (Å²) >= 11 is 0. The van der Waals surface area contributed by atoms with Crippen molar-refractivity contribution in [2.75, 3.05) is 18.6 Å². The molecule has 6 nitrogen and oxygen atoms in total. The third-order valence-electron chi connectivity index (χ3n) is 4.56. The van der Waals surface area contributed by atoms with Crippen LogP contribution in [0.4, 0.5) is 5.69 Å². The summed E-state index contributed by atoms with van der Waals surface area (Å²) in [6.07, 6.45) is 1.97. The van der Waals surface area contributed by atoms with Gasteiger partial charge in [0.25, 0.3) is 0 Å². The van der Waals surface area contributed by atoms with Crippen molar-refractivity contribution >= 4 is 23.9 Å². The van der Waals surface area contributed by atoms with Gasteiger partial charge in [0.05, 0.1) is 31.9 Å². The van der Waals surface area contributed by atoms with Crippen molar-refractivity contribution in [2.45, 2.75) is 25.5 Å². The lowest BCUT2D eigenvalue weighted by Crippen LogP contribution is -2.36. The predicted octanol–water partition coefficient (Wildman–Crippen LogP) is 3.00. The van der Waals surface area contributed by atoms with Gasteiger partial charge < -0.3 is 14.4 Å². The number of anilines is 1. The van der Waals surface area contributed by atoms with Crippen LogP contribution in [0.25, 0.3) is 0 Å². The Kier molecular flexibility index (Phi) is 5.98. The van der Waals surface area contributed by atoms with Crippen molar-refractivity contribution < 1.29 is 23.9 Å². The monoisotopic (exact) mass is 367 g/mol. The quantitative estimate of drug-likeness (QED) is 0.556. The van der Waals surface area contributed by atoms with Gasteiger partial charge >= 0.3 is 5.97 Å². The molecule has 0 radical (unpaired) electrons. The number of nitrogens with zero attached hydrogens (tertiary/aromatic N) is 1. The van der Waals surface area contributed by atoms with E-state index in [1.807, 2.05) is 6.07 Å². The van der Waals surface area contributed by atoms with E-state index in [9.17, 15) is 14.4 Å². The molecule has 6 heteroatoms. The standard InChI is InChI=1S/C21H21NO5/c1-26-21(25)17-4-2-3-16(11-17)13-27-14-19-9-10-20(24)22(19)18-7-5-15(12-23)6-8-18/h2-8,11-12,19H,9-10,13-14H2,1H3/t19-/m1/s1. The number of methoxy groups -OCH3 is 1. The zero-order valence-corrected chi connectivity index (χ0v) is 15.1. The van der Waals surface area contributed by atoms with Crippen LogP contribution in [-0.4, -0.2) is 37.9 Å². The number of hydrogen-bond acceptors (Lipinski definition) is 5. The highest BCUT2D eigenvalue weighted by Gasteiger charge is 2.32. The molecule has 1 fully saturated rings. The number of carbonyl (C=O) groups is 3. The molecule has 1 aliphatic rings. The highest BCUT2D eigenvalue weighted by molar-refractivity contribution is 5.96. The van der Waals surface area contributed by atoms with Crippen LogP contribution in [0.3, 0.4) is 0 Å². The summed E-state index contributed by atoms with van der Waals surface area (Å²) in [7, 11) is 1.35. The first-order chi connectivity index (χ1) is 13.1. The van der Waals surface area contributed by atoms with E-state index in [4.69, 9.17) is 9.47 Å². The number of ether oxygens (including phenoxy) is 2. The smallest absolute Gasteiger partial charge is 0.337 e. The van der Waals surface area contributed by atoms with Crippen LogP contribution in [0.5, 0.6) is 0 Å². The molecule has 0 unspecified atom stereocenters. The minimum absolute atomic E-state index is 0.0511. The fourth-order valence-electron chi connectivity index (χ4n) is 3.19. The van der Waals surface area contributed by atoms with E-state index in [2.05, 4.69) is 0 Å². The minimum atomic E-state index is -0.386. The Hall–Kier alpha value is -2.99. The lowest BCUT2D eigenvalue weighted by atomic mass is 10.1. The van der Waals surface area contributed by atoms with Gasteiger partial charge in [0.15, 0.2) is 0 Å². The van der Waals surface area contributed by atoms with Gasteiger partial charge in [-0.3, -0.25) is 9.59 Å². The molecule has 0 aromatic heterocycles. The second kappa shape index (κ2) is 8.60. The lowest BCUT2D eigenvalue weighted by molar-refractivity contribution is -0.117. The summed E-state index contributed by atoms with van der Waals surface area (Å²) < 4.78 is 10.5. The number of esters is 1. The number of amides is 1. The van der Waals surface area contributed by atoms with Crippen molar-refractivity contribution in [2.24, 2.45) is 0 Å². The van der Waals surface area contributed by atoms with Crippen LogP contribution >= 0.6 is 0 Å². The van der Waals surface area contributed by atoms with Gasteiger partial charge in [-0.2, -0.15) is 0 Å². The van der Waals surface area contributed by atoms with Crippen LogP contribution in [0.2, 0.25) is 0 Å². The Morgan fingerprint density at radius 1 is 1.22 bits per heavy atom. The molecule has 0 saturated carbocycles. The molecule has 1 amide bonds. The molecule has 3 rings (SSSR count). The molecule has 0 N–H and O–H groups in total. The second-order valence-corrected chi connectivity index (χ2v) is 6.37. The van der Waals surface area contributed by atoms with Gasteiger partial charge in [0.1, 0.15) is 6.29 Å². The van der Waals surface area contributed by atoms with Crippen molar-refractivity contribution in [1.29, 1.82) is 0 Å². The Bertz CT molecular complexity index is 831. The maximum atomic E-state index is 12.3. The van der Waals surface area contributed by atoms with Crippen molar-refractivity contribution in [1.82, 2.24) is 0 Å². The van der Waals surface area contributed by atoms with Crippen molar-refractivity contribution in [3.63, 3.8) is 0 Å². The van der Waals surface area contributed by atoms with Gasteiger partial charge in [0, 0.05) is 17.7 Å². The van der Waals surface area contributed by atoms with Gasteiger partial charge in [-0.1, -0.05) is 12.1 Å². The molecule has 0 bridgehead atoms. The molecule has 27 heavy (non-hydrogen) atoms. The fraction of sp³-hybridized carbons (Fsp3) is 0.286. The second-order valence-electron chi connectivity index (χ2n) is 6.37. The average molecular weight is 367 g/mol. The summed E-state index contributed by atoms with van der Waals surface area (Å²) in [5, 5.41) is 0. The third kappa shape index (κ3) is 4.41. The summed E-state index contributed by atoms with van der Waals surface area (Å²) in [6, 6.07) is 14.0. The molecule has 1 atom stereocenters. The molecular weight excluding hydrogens is 346 g/mol. The van der Waals surface area contributed by atoms with E-state index in [0.717, 1.165) is 24.0 Å². The zero-order valence-electron chi connectivity index (χ0n) is 15.1. The zero-order chi connectivity index (χ0) is 19.2. The van der Waals surface area contributed by atoms with E-state index in [0.29, 0.717) is 30.8 Å². The van der Waals surface area contributed by atoms with Crippen LogP contribution in [0.1, 0.15) is 39.1 Å². The molecule has 2 aromatic carbocycles. The highest BCUT2D eigenvalue weighted by Crippen LogP contribution is 2.27. The predicted molar refractivity (Wildman–Crippen MR) is 99.8 cm³/mol. The maximum absolute atomic E-state index is 12.3.